The summed E-state index contributed by atoms with van der Waals surface area (Å²) in [5.74, 6) is -0.0244. The van der Waals surface area contributed by atoms with Crippen molar-refractivity contribution >= 4 is 5.78 Å². The lowest BCUT2D eigenvalue weighted by Gasteiger charge is -1.93. The largest absolute Gasteiger partial charge is 0.293 e. The minimum atomic E-state index is -0.0244. The molecule has 0 unspecified atom stereocenters. The smallest absolute Gasteiger partial charge is 0.176 e. The van der Waals surface area contributed by atoms with Crippen molar-refractivity contribution in [2.24, 2.45) is 0 Å². The van der Waals surface area contributed by atoms with Crippen LogP contribution in [0, 0.1) is 0 Å². The van der Waals surface area contributed by atoms with Crippen LogP contribution in [0.5, 0.6) is 0 Å². The first-order valence-electron chi connectivity index (χ1n) is 2.95. The third-order valence-electron chi connectivity index (χ3n) is 1.10. The molecule has 0 aliphatic heterocycles. The monoisotopic (exact) mass is 136 g/mol. The minimum Gasteiger partial charge on any atom is -0.293 e. The fourth-order valence-electron chi connectivity index (χ4n) is 0.618. The molecule has 0 aromatic carbocycles. The summed E-state index contributed by atoms with van der Waals surface area (Å²) < 4.78 is 1.56. The van der Waals surface area contributed by atoms with E-state index in [2.05, 4.69) is 11.7 Å². The lowest BCUT2D eigenvalue weighted by molar-refractivity contribution is -0.115. The van der Waals surface area contributed by atoms with Crippen LogP contribution in [0.3, 0.4) is 0 Å². The van der Waals surface area contributed by atoms with Crippen LogP contribution >= 0.6 is 0 Å². The number of hydrogen-bond acceptors (Lipinski definition) is 2. The molecule has 0 spiro atoms. The maximum Gasteiger partial charge on any atom is 0.176 e. The van der Waals surface area contributed by atoms with Crippen LogP contribution in [-0.4, -0.2) is 15.6 Å². The second kappa shape index (κ2) is 2.96. The molecule has 0 saturated heterocycles. The predicted molar refractivity (Wildman–Crippen MR) is 37.4 cm³/mol. The third-order valence-corrected chi connectivity index (χ3v) is 1.10. The van der Waals surface area contributed by atoms with Crippen molar-refractivity contribution in [3.63, 3.8) is 0 Å². The van der Waals surface area contributed by atoms with Gasteiger partial charge in [0.15, 0.2) is 5.78 Å². The fourth-order valence-corrected chi connectivity index (χ4v) is 0.618. The molecule has 10 heavy (non-hydrogen) atoms. The van der Waals surface area contributed by atoms with E-state index in [0.29, 0.717) is 0 Å². The van der Waals surface area contributed by atoms with Gasteiger partial charge in [-0.1, -0.05) is 6.58 Å². The quantitative estimate of drug-likeness (QED) is 0.571. The normalized spacial score (nSPS) is 9.20. The number of aromatic nitrogens is 2. The molecule has 3 nitrogen and oxygen atoms in total. The zero-order valence-electron chi connectivity index (χ0n) is 5.53. The van der Waals surface area contributed by atoms with Crippen LogP contribution in [0.25, 0.3) is 0 Å². The van der Waals surface area contributed by atoms with Crippen LogP contribution in [0.15, 0.2) is 31.1 Å². The maximum absolute atomic E-state index is 10.7. The number of hydrogen-bond donors (Lipinski definition) is 0. The van der Waals surface area contributed by atoms with E-state index in [1.165, 1.54) is 6.08 Å². The molecule has 0 saturated carbocycles. The van der Waals surface area contributed by atoms with Gasteiger partial charge in [-0.25, -0.2) is 0 Å². The summed E-state index contributed by atoms with van der Waals surface area (Å²) in [5.41, 5.74) is 0. The molecular weight excluding hydrogens is 128 g/mol. The molecule has 0 aliphatic rings. The molecule has 3 heteroatoms. The highest BCUT2D eigenvalue weighted by Crippen LogP contribution is 1.85. The zero-order chi connectivity index (χ0) is 7.40. The second-order valence-corrected chi connectivity index (χ2v) is 1.87. The Bertz CT molecular complexity index is 226. The molecule has 0 bridgehead atoms. The van der Waals surface area contributed by atoms with Gasteiger partial charge >= 0.3 is 0 Å². The van der Waals surface area contributed by atoms with Gasteiger partial charge in [-0.3, -0.25) is 9.48 Å². The fraction of sp³-hybridized carbons (Fsp3) is 0.143. The third kappa shape index (κ3) is 1.55. The summed E-state index contributed by atoms with van der Waals surface area (Å²) in [6.45, 7) is 3.64. The number of carbonyl (C=O) groups is 1. The van der Waals surface area contributed by atoms with Crippen molar-refractivity contribution in [2.75, 3.05) is 0 Å². The molecule has 1 aromatic heterocycles. The van der Waals surface area contributed by atoms with E-state index in [9.17, 15) is 4.79 Å². The van der Waals surface area contributed by atoms with Crippen molar-refractivity contribution in [3.05, 3.63) is 31.1 Å². The van der Waals surface area contributed by atoms with Gasteiger partial charge in [-0.2, -0.15) is 5.10 Å². The first-order valence-corrected chi connectivity index (χ1v) is 2.95. The summed E-state index contributed by atoms with van der Waals surface area (Å²) in [5, 5.41) is 3.85. The molecular formula is C7H8N2O. The first-order chi connectivity index (χ1) is 4.83. The highest BCUT2D eigenvalue weighted by molar-refractivity contribution is 5.88. The van der Waals surface area contributed by atoms with Gasteiger partial charge in [0.25, 0.3) is 0 Å². The molecule has 0 N–H and O–H groups in total. The number of carbonyl (C=O) groups excluding carboxylic acids is 1. The summed E-state index contributed by atoms with van der Waals surface area (Å²) >= 11 is 0. The number of ketones is 1. The van der Waals surface area contributed by atoms with Crippen LogP contribution in [0.4, 0.5) is 0 Å². The standard InChI is InChI=1S/C7H8N2O/c1-2-7(10)6-9-5-3-4-8-9/h2-5H,1,6H2. The van der Waals surface area contributed by atoms with Crippen molar-refractivity contribution in [2.45, 2.75) is 6.54 Å². The highest BCUT2D eigenvalue weighted by Gasteiger charge is 1.94. The van der Waals surface area contributed by atoms with E-state index in [-0.39, 0.29) is 12.3 Å². The maximum atomic E-state index is 10.7. The SMILES string of the molecule is C=CC(=O)Cn1cccn1. The average Bonchev–Trinajstić information content (AvgIpc) is 2.40. The number of nitrogens with zero attached hydrogens (tertiary/aromatic N) is 2. The second-order valence-electron chi connectivity index (χ2n) is 1.87. The van der Waals surface area contributed by atoms with Gasteiger partial charge in [0, 0.05) is 12.4 Å². The van der Waals surface area contributed by atoms with Crippen LogP contribution in [0.2, 0.25) is 0 Å². The molecule has 0 fully saturated rings. The van der Waals surface area contributed by atoms with Gasteiger partial charge in [0.2, 0.25) is 0 Å². The van der Waals surface area contributed by atoms with Crippen molar-refractivity contribution in [1.82, 2.24) is 9.78 Å². The highest BCUT2D eigenvalue weighted by atomic mass is 16.1. The van der Waals surface area contributed by atoms with E-state index < -0.39 is 0 Å². The van der Waals surface area contributed by atoms with E-state index in [0.717, 1.165) is 0 Å². The molecule has 1 rings (SSSR count). The molecule has 0 atom stereocenters. The lowest BCUT2D eigenvalue weighted by atomic mass is 10.4. The number of allylic oxidation sites excluding steroid dienone is 1. The van der Waals surface area contributed by atoms with Crippen molar-refractivity contribution < 1.29 is 4.79 Å². The van der Waals surface area contributed by atoms with Crippen molar-refractivity contribution in [1.29, 1.82) is 0 Å². The summed E-state index contributed by atoms with van der Waals surface area (Å²) in [6.07, 6.45) is 4.67. The topological polar surface area (TPSA) is 34.9 Å². The summed E-state index contributed by atoms with van der Waals surface area (Å²) in [4.78, 5) is 10.7. The Labute approximate surface area is 59.0 Å². The van der Waals surface area contributed by atoms with Gasteiger partial charge < -0.3 is 0 Å². The molecule has 0 aliphatic carbocycles. The van der Waals surface area contributed by atoms with Crippen LogP contribution in [-0.2, 0) is 11.3 Å². The summed E-state index contributed by atoms with van der Waals surface area (Å²) in [6, 6.07) is 1.77. The van der Waals surface area contributed by atoms with Gasteiger partial charge in [-0.05, 0) is 12.1 Å². The van der Waals surface area contributed by atoms with Crippen LogP contribution in [0.1, 0.15) is 0 Å². The minimum absolute atomic E-state index is 0.0244. The average molecular weight is 136 g/mol. The van der Waals surface area contributed by atoms with Gasteiger partial charge in [0.05, 0.1) is 0 Å². The zero-order valence-corrected chi connectivity index (χ0v) is 5.53. The number of rotatable bonds is 3. The predicted octanol–water partition coefficient (Wildman–Crippen LogP) is 0.638. The Kier molecular flexibility index (Phi) is 1.99. The Balaban J connectivity index is 2.56. The van der Waals surface area contributed by atoms with Crippen molar-refractivity contribution in [3.8, 4) is 0 Å². The molecule has 52 valence electrons. The Morgan fingerprint density at radius 3 is 3.10 bits per heavy atom. The van der Waals surface area contributed by atoms with Gasteiger partial charge in [-0.15, -0.1) is 0 Å². The van der Waals surface area contributed by atoms with E-state index in [4.69, 9.17) is 0 Å². The first kappa shape index (κ1) is 6.74. The molecule has 0 amide bonds. The van der Waals surface area contributed by atoms with E-state index in [1.54, 1.807) is 23.1 Å². The molecule has 1 heterocycles. The summed E-state index contributed by atoms with van der Waals surface area (Å²) in [7, 11) is 0. The van der Waals surface area contributed by atoms with E-state index in [1.807, 2.05) is 0 Å². The van der Waals surface area contributed by atoms with E-state index >= 15 is 0 Å². The van der Waals surface area contributed by atoms with Gasteiger partial charge in [0.1, 0.15) is 6.54 Å². The Hall–Kier alpha value is -1.38. The molecule has 1 aromatic rings. The van der Waals surface area contributed by atoms with Crippen LogP contribution < -0.4 is 0 Å². The lowest BCUT2D eigenvalue weighted by Crippen LogP contribution is -2.06. The molecule has 0 radical (unpaired) electrons. The Morgan fingerprint density at radius 2 is 2.60 bits per heavy atom. The Morgan fingerprint density at radius 1 is 1.80 bits per heavy atom.